The summed E-state index contributed by atoms with van der Waals surface area (Å²) in [6.07, 6.45) is 2.62. The van der Waals surface area contributed by atoms with Gasteiger partial charge >= 0.3 is 5.97 Å². The Morgan fingerprint density at radius 1 is 1.03 bits per heavy atom. The standard InChI is InChI=1S/C25H27N3O5/c1-18-7-5-14-26-23(18)27-15-6-16-32-33-21-12-10-19(11-13-21)17-22(25(30)31)28-24(29)20-8-3-2-4-9-20/h2-5,7-14,22H,6,15-17H2,1H3,(H,26,27)(H,28,29)(H,30,31)/t22-/m0/s1. The smallest absolute Gasteiger partial charge is 0.326 e. The predicted octanol–water partition coefficient (Wildman–Crippen LogP) is 3.63. The Hall–Kier alpha value is -3.91. The molecule has 0 aliphatic rings. The number of nitrogens with zero attached hydrogens (tertiary/aromatic N) is 1. The number of hydrogen-bond acceptors (Lipinski definition) is 6. The van der Waals surface area contributed by atoms with E-state index in [9.17, 15) is 14.7 Å². The second kappa shape index (κ2) is 12.2. The molecule has 33 heavy (non-hydrogen) atoms. The normalized spacial score (nSPS) is 11.4. The topological polar surface area (TPSA) is 110 Å². The molecule has 0 radical (unpaired) electrons. The summed E-state index contributed by atoms with van der Waals surface area (Å²) in [6.45, 7) is 3.09. The molecule has 8 heteroatoms. The van der Waals surface area contributed by atoms with E-state index in [1.807, 2.05) is 19.1 Å². The Morgan fingerprint density at radius 3 is 2.48 bits per heavy atom. The van der Waals surface area contributed by atoms with E-state index < -0.39 is 17.9 Å². The van der Waals surface area contributed by atoms with Crippen LogP contribution >= 0.6 is 0 Å². The molecule has 0 unspecified atom stereocenters. The van der Waals surface area contributed by atoms with Crippen molar-refractivity contribution in [3.63, 3.8) is 0 Å². The third kappa shape index (κ3) is 7.62. The number of aromatic nitrogens is 1. The Kier molecular flexibility index (Phi) is 8.79. The highest BCUT2D eigenvalue weighted by Crippen LogP contribution is 2.15. The first-order valence-corrected chi connectivity index (χ1v) is 10.7. The summed E-state index contributed by atoms with van der Waals surface area (Å²) >= 11 is 0. The Labute approximate surface area is 192 Å². The van der Waals surface area contributed by atoms with Gasteiger partial charge in [-0.05, 0) is 54.8 Å². The maximum atomic E-state index is 12.3. The number of aryl methyl sites for hydroxylation is 1. The summed E-state index contributed by atoms with van der Waals surface area (Å²) in [7, 11) is 0. The largest absolute Gasteiger partial charge is 0.480 e. The van der Waals surface area contributed by atoms with Crippen LogP contribution in [0.4, 0.5) is 5.82 Å². The number of pyridine rings is 1. The maximum absolute atomic E-state index is 12.3. The fourth-order valence-corrected chi connectivity index (χ4v) is 3.07. The molecule has 0 aliphatic heterocycles. The highest BCUT2D eigenvalue weighted by molar-refractivity contribution is 5.96. The Bertz CT molecular complexity index is 1040. The minimum Gasteiger partial charge on any atom is -0.480 e. The third-order valence-electron chi connectivity index (χ3n) is 4.86. The Morgan fingerprint density at radius 2 is 1.79 bits per heavy atom. The van der Waals surface area contributed by atoms with Crippen LogP contribution < -0.4 is 15.5 Å². The van der Waals surface area contributed by atoms with Gasteiger partial charge < -0.3 is 20.6 Å². The second-order valence-electron chi connectivity index (χ2n) is 7.43. The monoisotopic (exact) mass is 449 g/mol. The summed E-state index contributed by atoms with van der Waals surface area (Å²) in [5, 5.41) is 15.3. The molecule has 3 N–H and O–H groups in total. The lowest BCUT2D eigenvalue weighted by molar-refractivity contribution is -0.206. The predicted molar refractivity (Wildman–Crippen MR) is 124 cm³/mol. The van der Waals surface area contributed by atoms with Crippen LogP contribution in [-0.2, 0) is 16.1 Å². The fourth-order valence-electron chi connectivity index (χ4n) is 3.07. The van der Waals surface area contributed by atoms with Crippen LogP contribution in [0.25, 0.3) is 0 Å². The summed E-state index contributed by atoms with van der Waals surface area (Å²) in [6, 6.07) is 18.2. The van der Waals surface area contributed by atoms with Gasteiger partial charge in [0.1, 0.15) is 11.9 Å². The van der Waals surface area contributed by atoms with Crippen LogP contribution in [-0.4, -0.2) is 41.2 Å². The van der Waals surface area contributed by atoms with Crippen LogP contribution in [0.5, 0.6) is 5.75 Å². The van der Waals surface area contributed by atoms with Gasteiger partial charge in [-0.3, -0.25) is 4.79 Å². The molecular formula is C25H27N3O5. The van der Waals surface area contributed by atoms with E-state index in [-0.39, 0.29) is 6.42 Å². The number of nitrogens with one attached hydrogen (secondary N) is 2. The van der Waals surface area contributed by atoms with Gasteiger partial charge in [0.25, 0.3) is 5.91 Å². The molecule has 1 atom stereocenters. The van der Waals surface area contributed by atoms with Gasteiger partial charge in [-0.2, -0.15) is 4.89 Å². The van der Waals surface area contributed by atoms with E-state index in [4.69, 9.17) is 9.78 Å². The first-order valence-electron chi connectivity index (χ1n) is 10.7. The molecule has 8 nitrogen and oxygen atoms in total. The van der Waals surface area contributed by atoms with Crippen molar-refractivity contribution in [1.82, 2.24) is 10.3 Å². The van der Waals surface area contributed by atoms with E-state index in [1.54, 1.807) is 60.8 Å². The summed E-state index contributed by atoms with van der Waals surface area (Å²) in [5.74, 6) is -0.164. The minimum atomic E-state index is -1.10. The van der Waals surface area contributed by atoms with Crippen LogP contribution in [0.1, 0.15) is 27.9 Å². The van der Waals surface area contributed by atoms with Crippen LogP contribution in [0.15, 0.2) is 72.9 Å². The third-order valence-corrected chi connectivity index (χ3v) is 4.86. The number of rotatable bonds is 12. The van der Waals surface area contributed by atoms with Gasteiger partial charge in [0.2, 0.25) is 0 Å². The SMILES string of the molecule is Cc1cccnc1NCCCOOc1ccc(C[C@H](NC(=O)c2ccccc2)C(=O)O)cc1. The molecular weight excluding hydrogens is 422 g/mol. The van der Waals surface area contributed by atoms with Crippen LogP contribution in [0.2, 0.25) is 0 Å². The molecule has 0 saturated carbocycles. The van der Waals surface area contributed by atoms with Crippen LogP contribution in [0, 0.1) is 6.92 Å². The number of carboxylic acids is 1. The average molecular weight is 450 g/mol. The van der Waals surface area contributed by atoms with E-state index >= 15 is 0 Å². The van der Waals surface area contributed by atoms with Gasteiger partial charge in [0.05, 0.1) is 6.61 Å². The molecule has 0 bridgehead atoms. The molecule has 0 saturated heterocycles. The number of benzene rings is 2. The van der Waals surface area contributed by atoms with Crippen molar-refractivity contribution in [2.45, 2.75) is 25.8 Å². The number of hydrogen-bond donors (Lipinski definition) is 3. The van der Waals surface area contributed by atoms with Gasteiger partial charge in [0.15, 0.2) is 5.75 Å². The Balaban J connectivity index is 1.40. The van der Waals surface area contributed by atoms with Gasteiger partial charge in [-0.1, -0.05) is 36.4 Å². The number of carbonyl (C=O) groups excluding carboxylic acids is 1. The zero-order chi connectivity index (χ0) is 23.5. The van der Waals surface area contributed by atoms with Gasteiger partial charge in [-0.25, -0.2) is 9.78 Å². The number of carboxylic acid groups (broad SMARTS) is 1. The molecule has 1 heterocycles. The summed E-state index contributed by atoms with van der Waals surface area (Å²) < 4.78 is 0. The van der Waals surface area contributed by atoms with Crippen molar-refractivity contribution in [2.24, 2.45) is 0 Å². The van der Waals surface area contributed by atoms with Crippen molar-refractivity contribution in [3.8, 4) is 5.75 Å². The summed E-state index contributed by atoms with van der Waals surface area (Å²) in [5.41, 5.74) is 2.24. The molecule has 1 aromatic heterocycles. The van der Waals surface area contributed by atoms with Crippen LogP contribution in [0.3, 0.4) is 0 Å². The highest BCUT2D eigenvalue weighted by Gasteiger charge is 2.21. The number of carbonyl (C=O) groups is 2. The number of aliphatic carboxylic acids is 1. The van der Waals surface area contributed by atoms with Gasteiger partial charge in [0, 0.05) is 24.7 Å². The molecule has 0 aliphatic carbocycles. The number of amides is 1. The van der Waals surface area contributed by atoms with E-state index in [0.29, 0.717) is 24.5 Å². The van der Waals surface area contributed by atoms with Crippen molar-refractivity contribution < 1.29 is 24.5 Å². The number of anilines is 1. The van der Waals surface area contributed by atoms with E-state index in [2.05, 4.69) is 15.6 Å². The minimum absolute atomic E-state index is 0.146. The second-order valence-corrected chi connectivity index (χ2v) is 7.43. The first kappa shape index (κ1) is 23.7. The highest BCUT2D eigenvalue weighted by atomic mass is 17.2. The van der Waals surface area contributed by atoms with E-state index in [1.165, 1.54) is 0 Å². The van der Waals surface area contributed by atoms with Crippen molar-refractivity contribution in [1.29, 1.82) is 0 Å². The molecule has 1 amide bonds. The van der Waals surface area contributed by atoms with E-state index in [0.717, 1.165) is 23.4 Å². The first-order chi connectivity index (χ1) is 16.0. The lowest BCUT2D eigenvalue weighted by Crippen LogP contribution is -2.42. The average Bonchev–Trinajstić information content (AvgIpc) is 2.83. The molecule has 3 aromatic rings. The van der Waals surface area contributed by atoms with Crippen molar-refractivity contribution in [2.75, 3.05) is 18.5 Å². The molecule has 172 valence electrons. The lowest BCUT2D eigenvalue weighted by atomic mass is 10.1. The zero-order valence-electron chi connectivity index (χ0n) is 18.4. The maximum Gasteiger partial charge on any atom is 0.326 e. The quantitative estimate of drug-likeness (QED) is 0.220. The molecule has 3 rings (SSSR count). The summed E-state index contributed by atoms with van der Waals surface area (Å²) in [4.78, 5) is 38.7. The zero-order valence-corrected chi connectivity index (χ0v) is 18.4. The molecule has 0 spiro atoms. The molecule has 2 aromatic carbocycles. The van der Waals surface area contributed by atoms with Crippen molar-refractivity contribution >= 4 is 17.7 Å². The van der Waals surface area contributed by atoms with Gasteiger partial charge in [-0.15, -0.1) is 0 Å². The van der Waals surface area contributed by atoms with Crippen molar-refractivity contribution in [3.05, 3.63) is 89.6 Å². The molecule has 0 fully saturated rings. The fraction of sp³-hybridized carbons (Fsp3) is 0.240. The lowest BCUT2D eigenvalue weighted by Gasteiger charge is -2.15.